The summed E-state index contributed by atoms with van der Waals surface area (Å²) in [6, 6.07) is 0.561. The molecule has 0 aliphatic heterocycles. The van der Waals surface area contributed by atoms with Gasteiger partial charge in [0, 0.05) is 13.2 Å². The van der Waals surface area contributed by atoms with Crippen molar-refractivity contribution in [2.75, 3.05) is 20.3 Å². The van der Waals surface area contributed by atoms with Crippen LogP contribution in [0.4, 0.5) is 0 Å². The average Bonchev–Trinajstić information content (AvgIpc) is 2.18. The summed E-state index contributed by atoms with van der Waals surface area (Å²) < 4.78 is 4.86. The number of ether oxygens (including phenoxy) is 1. The van der Waals surface area contributed by atoms with Crippen molar-refractivity contribution in [3.63, 3.8) is 0 Å². The summed E-state index contributed by atoms with van der Waals surface area (Å²) in [5, 5.41) is 12.8. The maximum absolute atomic E-state index is 9.41. The van der Waals surface area contributed by atoms with Gasteiger partial charge in [0.2, 0.25) is 0 Å². The second-order valence-electron chi connectivity index (χ2n) is 4.25. The quantitative estimate of drug-likeness (QED) is 0.550. The largest absolute Gasteiger partial charge is 0.391 e. The summed E-state index contributed by atoms with van der Waals surface area (Å²) in [7, 11) is 1.62. The molecular formula is C12H27NO2. The van der Waals surface area contributed by atoms with Gasteiger partial charge in [-0.15, -0.1) is 0 Å². The molecular weight excluding hydrogens is 190 g/mol. The molecule has 0 saturated carbocycles. The van der Waals surface area contributed by atoms with Crippen molar-refractivity contribution >= 4 is 0 Å². The Morgan fingerprint density at radius 1 is 1.27 bits per heavy atom. The predicted molar refractivity (Wildman–Crippen MR) is 64.1 cm³/mol. The Kier molecular flexibility index (Phi) is 10.3. The van der Waals surface area contributed by atoms with Gasteiger partial charge in [0.25, 0.3) is 0 Å². The molecule has 0 heterocycles. The fraction of sp³-hybridized carbons (Fsp3) is 1.00. The van der Waals surface area contributed by atoms with Crippen LogP contribution in [0.3, 0.4) is 0 Å². The van der Waals surface area contributed by atoms with Crippen LogP contribution in [0.15, 0.2) is 0 Å². The number of hydrogen-bond donors (Lipinski definition) is 2. The van der Waals surface area contributed by atoms with E-state index in [-0.39, 0.29) is 6.10 Å². The topological polar surface area (TPSA) is 41.5 Å². The van der Waals surface area contributed by atoms with E-state index in [0.29, 0.717) is 12.6 Å². The third kappa shape index (κ3) is 10.2. The average molecular weight is 217 g/mol. The molecule has 3 heteroatoms. The van der Waals surface area contributed by atoms with Gasteiger partial charge in [-0.05, 0) is 26.3 Å². The standard InChI is InChI=1S/C12H27NO2/c1-4-5-6-7-11(2)13-9-8-12(14)10-15-3/h11-14H,4-10H2,1-3H3. The Hall–Kier alpha value is -0.120. The highest BCUT2D eigenvalue weighted by molar-refractivity contribution is 4.63. The highest BCUT2D eigenvalue weighted by atomic mass is 16.5. The Labute approximate surface area is 94.2 Å². The zero-order valence-electron chi connectivity index (χ0n) is 10.5. The molecule has 2 N–H and O–H groups in total. The molecule has 0 rings (SSSR count). The minimum Gasteiger partial charge on any atom is -0.391 e. The Balaban J connectivity index is 3.26. The molecule has 15 heavy (non-hydrogen) atoms. The normalized spacial score (nSPS) is 15.2. The zero-order valence-corrected chi connectivity index (χ0v) is 10.5. The molecule has 0 amide bonds. The smallest absolute Gasteiger partial charge is 0.0785 e. The highest BCUT2D eigenvalue weighted by Gasteiger charge is 2.04. The van der Waals surface area contributed by atoms with E-state index in [9.17, 15) is 5.11 Å². The second kappa shape index (κ2) is 10.4. The third-order valence-electron chi connectivity index (χ3n) is 2.57. The van der Waals surface area contributed by atoms with E-state index in [4.69, 9.17) is 4.74 Å². The van der Waals surface area contributed by atoms with E-state index in [1.807, 2.05) is 0 Å². The maximum Gasteiger partial charge on any atom is 0.0785 e. The van der Waals surface area contributed by atoms with Crippen molar-refractivity contribution in [1.29, 1.82) is 0 Å². The van der Waals surface area contributed by atoms with E-state index in [2.05, 4.69) is 19.2 Å². The first-order valence-electron chi connectivity index (χ1n) is 6.11. The van der Waals surface area contributed by atoms with E-state index in [1.165, 1.54) is 25.7 Å². The fourth-order valence-electron chi connectivity index (χ4n) is 1.57. The van der Waals surface area contributed by atoms with Gasteiger partial charge in [-0.1, -0.05) is 26.2 Å². The summed E-state index contributed by atoms with van der Waals surface area (Å²) in [5.41, 5.74) is 0. The lowest BCUT2D eigenvalue weighted by molar-refractivity contribution is 0.0590. The van der Waals surface area contributed by atoms with Crippen molar-refractivity contribution < 1.29 is 9.84 Å². The van der Waals surface area contributed by atoms with Crippen LogP contribution in [0.5, 0.6) is 0 Å². The van der Waals surface area contributed by atoms with Gasteiger partial charge in [0.05, 0.1) is 12.7 Å². The van der Waals surface area contributed by atoms with Crippen LogP contribution in [-0.4, -0.2) is 37.5 Å². The Bertz CT molecular complexity index is 131. The molecule has 2 atom stereocenters. The summed E-state index contributed by atoms with van der Waals surface area (Å²) in [6.45, 7) is 5.74. The number of methoxy groups -OCH3 is 1. The van der Waals surface area contributed by atoms with Crippen LogP contribution in [0.1, 0.15) is 46.0 Å². The fourth-order valence-corrected chi connectivity index (χ4v) is 1.57. The highest BCUT2D eigenvalue weighted by Crippen LogP contribution is 2.02. The van der Waals surface area contributed by atoms with E-state index in [0.717, 1.165) is 13.0 Å². The van der Waals surface area contributed by atoms with Crippen LogP contribution < -0.4 is 5.32 Å². The Morgan fingerprint density at radius 3 is 2.60 bits per heavy atom. The molecule has 0 aliphatic carbocycles. The molecule has 0 radical (unpaired) electrons. The number of nitrogens with one attached hydrogen (secondary N) is 1. The molecule has 3 nitrogen and oxygen atoms in total. The molecule has 0 aromatic carbocycles. The van der Waals surface area contributed by atoms with Gasteiger partial charge in [-0.3, -0.25) is 0 Å². The number of rotatable bonds is 10. The van der Waals surface area contributed by atoms with E-state index < -0.39 is 0 Å². The van der Waals surface area contributed by atoms with Crippen LogP contribution in [0.25, 0.3) is 0 Å². The van der Waals surface area contributed by atoms with Crippen molar-refractivity contribution in [2.24, 2.45) is 0 Å². The van der Waals surface area contributed by atoms with Crippen molar-refractivity contribution in [3.8, 4) is 0 Å². The van der Waals surface area contributed by atoms with E-state index >= 15 is 0 Å². The van der Waals surface area contributed by atoms with Crippen LogP contribution in [-0.2, 0) is 4.74 Å². The molecule has 0 aromatic heterocycles. The SMILES string of the molecule is CCCCCC(C)NCCC(O)COC. The van der Waals surface area contributed by atoms with Crippen molar-refractivity contribution in [3.05, 3.63) is 0 Å². The third-order valence-corrected chi connectivity index (χ3v) is 2.57. The summed E-state index contributed by atoms with van der Waals surface area (Å²) in [6.07, 6.45) is 5.56. The van der Waals surface area contributed by atoms with Crippen molar-refractivity contribution in [2.45, 2.75) is 58.1 Å². The molecule has 0 spiro atoms. The zero-order chi connectivity index (χ0) is 11.5. The van der Waals surface area contributed by atoms with Crippen LogP contribution in [0.2, 0.25) is 0 Å². The summed E-state index contributed by atoms with van der Waals surface area (Å²) >= 11 is 0. The lowest BCUT2D eigenvalue weighted by atomic mass is 10.1. The molecule has 2 unspecified atom stereocenters. The molecule has 0 fully saturated rings. The number of aliphatic hydroxyl groups is 1. The molecule has 0 saturated heterocycles. The van der Waals surface area contributed by atoms with Gasteiger partial charge in [0.1, 0.15) is 0 Å². The minimum atomic E-state index is -0.328. The van der Waals surface area contributed by atoms with Crippen molar-refractivity contribution in [1.82, 2.24) is 5.32 Å². The number of unbranched alkanes of at least 4 members (excludes halogenated alkanes) is 2. The number of aliphatic hydroxyl groups excluding tert-OH is 1. The minimum absolute atomic E-state index is 0.328. The first-order chi connectivity index (χ1) is 7.20. The maximum atomic E-state index is 9.41. The van der Waals surface area contributed by atoms with Gasteiger partial charge in [-0.25, -0.2) is 0 Å². The first-order valence-corrected chi connectivity index (χ1v) is 6.11. The Morgan fingerprint density at radius 2 is 2.00 bits per heavy atom. The molecule has 0 aromatic rings. The van der Waals surface area contributed by atoms with Gasteiger partial charge >= 0.3 is 0 Å². The molecule has 0 bridgehead atoms. The monoisotopic (exact) mass is 217 g/mol. The van der Waals surface area contributed by atoms with Gasteiger partial charge < -0.3 is 15.2 Å². The van der Waals surface area contributed by atoms with Gasteiger partial charge in [0.15, 0.2) is 0 Å². The molecule has 92 valence electrons. The lowest BCUT2D eigenvalue weighted by Crippen LogP contribution is -2.30. The van der Waals surface area contributed by atoms with Crippen LogP contribution in [0, 0.1) is 0 Å². The number of hydrogen-bond acceptors (Lipinski definition) is 3. The molecule has 0 aliphatic rings. The first kappa shape index (κ1) is 14.9. The van der Waals surface area contributed by atoms with Gasteiger partial charge in [-0.2, -0.15) is 0 Å². The van der Waals surface area contributed by atoms with Crippen LogP contribution >= 0.6 is 0 Å². The lowest BCUT2D eigenvalue weighted by Gasteiger charge is -2.15. The predicted octanol–water partition coefficient (Wildman–Crippen LogP) is 1.94. The second-order valence-corrected chi connectivity index (χ2v) is 4.25. The van der Waals surface area contributed by atoms with E-state index in [1.54, 1.807) is 7.11 Å². The summed E-state index contributed by atoms with van der Waals surface area (Å²) in [5.74, 6) is 0. The summed E-state index contributed by atoms with van der Waals surface area (Å²) in [4.78, 5) is 0.